The molecule has 0 fully saturated rings. The van der Waals surface area contributed by atoms with Gasteiger partial charge in [0.15, 0.2) is 12.6 Å². The van der Waals surface area contributed by atoms with Crippen LogP contribution in [0.5, 0.6) is 0 Å². The van der Waals surface area contributed by atoms with Crippen molar-refractivity contribution in [2.75, 3.05) is 34.1 Å². The number of hydrogen-bond acceptors (Lipinski definition) is 4. The minimum Gasteiger partial charge on any atom is -0.356 e. The van der Waals surface area contributed by atoms with Crippen LogP contribution < -0.4 is 0 Å². The van der Waals surface area contributed by atoms with Crippen LogP contribution in [0.1, 0.15) is 20.3 Å². The molecule has 0 saturated carbocycles. The van der Waals surface area contributed by atoms with Crippen LogP contribution in [0.15, 0.2) is 0 Å². The van der Waals surface area contributed by atoms with Crippen LogP contribution in [0.3, 0.4) is 0 Å². The molecule has 0 aliphatic rings. The topological polar surface area (TPSA) is 36.9 Å². The average molecular weight is 252 g/mol. The lowest BCUT2D eigenvalue weighted by Gasteiger charge is -2.19. The van der Waals surface area contributed by atoms with E-state index in [4.69, 9.17) is 18.9 Å². The average Bonchev–Trinajstić information content (AvgIpc) is 2.32. The highest BCUT2D eigenvalue weighted by atomic mass is 31.1. The summed E-state index contributed by atoms with van der Waals surface area (Å²) in [7, 11) is 4.15. The molecule has 0 aromatic heterocycles. The fourth-order valence-corrected chi connectivity index (χ4v) is 1.74. The van der Waals surface area contributed by atoms with Gasteiger partial charge in [0.1, 0.15) is 0 Å². The van der Waals surface area contributed by atoms with Crippen molar-refractivity contribution in [3.8, 4) is 0 Å². The van der Waals surface area contributed by atoms with Gasteiger partial charge in [-0.1, -0.05) is 0 Å². The van der Waals surface area contributed by atoms with Gasteiger partial charge in [-0.15, -0.1) is 8.58 Å². The van der Waals surface area contributed by atoms with Crippen LogP contribution in [0.4, 0.5) is 0 Å². The van der Waals surface area contributed by atoms with E-state index in [1.165, 1.54) is 0 Å². The standard InChI is InChI=1S/C11H25O4P/c1-9(12-3)14-7-6-11(16-5)8-15-10(2)13-4/h9-11,16H,6-8H2,1-5H3. The van der Waals surface area contributed by atoms with Gasteiger partial charge in [0.05, 0.1) is 13.2 Å². The molecule has 0 rings (SSSR count). The monoisotopic (exact) mass is 252 g/mol. The maximum Gasteiger partial charge on any atom is 0.154 e. The Labute approximate surface area is 101 Å². The summed E-state index contributed by atoms with van der Waals surface area (Å²) in [5, 5.41) is 0. The SMILES string of the molecule is COC(C)OCCC(COC(C)OC)PC. The van der Waals surface area contributed by atoms with Gasteiger partial charge in [-0.05, 0) is 26.9 Å². The molecule has 0 radical (unpaired) electrons. The lowest BCUT2D eigenvalue weighted by atomic mass is 10.3. The fourth-order valence-electron chi connectivity index (χ4n) is 1.08. The molecule has 98 valence electrons. The molecule has 0 bridgehead atoms. The van der Waals surface area contributed by atoms with Gasteiger partial charge in [-0.25, -0.2) is 0 Å². The quantitative estimate of drug-likeness (QED) is 0.440. The Morgan fingerprint density at radius 3 is 2.06 bits per heavy atom. The van der Waals surface area contributed by atoms with Crippen molar-refractivity contribution in [1.29, 1.82) is 0 Å². The van der Waals surface area contributed by atoms with Gasteiger partial charge in [0, 0.05) is 19.9 Å². The molecule has 0 saturated heterocycles. The van der Waals surface area contributed by atoms with Crippen molar-refractivity contribution in [2.45, 2.75) is 38.5 Å². The second kappa shape index (κ2) is 10.4. The molecular formula is C11H25O4P. The lowest BCUT2D eigenvalue weighted by Crippen LogP contribution is -2.20. The number of rotatable bonds is 10. The van der Waals surface area contributed by atoms with E-state index >= 15 is 0 Å². The predicted octanol–water partition coefficient (Wildman–Crippen LogP) is 2.07. The van der Waals surface area contributed by atoms with Gasteiger partial charge in [0.25, 0.3) is 0 Å². The van der Waals surface area contributed by atoms with Crippen molar-refractivity contribution in [2.24, 2.45) is 0 Å². The minimum absolute atomic E-state index is 0.125. The molecule has 0 spiro atoms. The van der Waals surface area contributed by atoms with Crippen LogP contribution in [0, 0.1) is 0 Å². The Morgan fingerprint density at radius 1 is 1.00 bits per heavy atom. The van der Waals surface area contributed by atoms with E-state index in [2.05, 4.69) is 6.66 Å². The Hall–Kier alpha value is 0.270. The van der Waals surface area contributed by atoms with E-state index in [1.807, 2.05) is 13.8 Å². The zero-order valence-corrected chi connectivity index (χ0v) is 12.0. The maximum absolute atomic E-state index is 5.53. The third-order valence-electron chi connectivity index (χ3n) is 2.42. The van der Waals surface area contributed by atoms with E-state index in [9.17, 15) is 0 Å². The van der Waals surface area contributed by atoms with Gasteiger partial charge in [-0.3, -0.25) is 0 Å². The first kappa shape index (κ1) is 16.3. The fraction of sp³-hybridized carbons (Fsp3) is 1.00. The second-order valence-electron chi connectivity index (χ2n) is 3.59. The molecule has 0 amide bonds. The largest absolute Gasteiger partial charge is 0.356 e. The molecule has 16 heavy (non-hydrogen) atoms. The molecule has 5 heteroatoms. The first-order valence-corrected chi connectivity index (χ1v) is 7.17. The molecule has 0 heterocycles. The molecule has 4 atom stereocenters. The summed E-state index contributed by atoms with van der Waals surface area (Å²) in [6, 6.07) is 0. The number of ether oxygens (including phenoxy) is 4. The first-order chi connectivity index (χ1) is 7.63. The minimum atomic E-state index is -0.127. The maximum atomic E-state index is 5.53. The van der Waals surface area contributed by atoms with Crippen LogP contribution in [0.25, 0.3) is 0 Å². The third-order valence-corrected chi connectivity index (χ3v) is 3.69. The van der Waals surface area contributed by atoms with Crippen molar-refractivity contribution < 1.29 is 18.9 Å². The second-order valence-corrected chi connectivity index (χ2v) is 4.98. The molecule has 0 N–H and O–H groups in total. The molecule has 4 unspecified atom stereocenters. The van der Waals surface area contributed by atoms with Crippen molar-refractivity contribution in [3.05, 3.63) is 0 Å². The Balaban J connectivity index is 3.58. The molecule has 0 aromatic rings. The zero-order valence-electron chi connectivity index (χ0n) is 11.0. The lowest BCUT2D eigenvalue weighted by molar-refractivity contribution is -0.120. The van der Waals surface area contributed by atoms with Gasteiger partial charge < -0.3 is 18.9 Å². The van der Waals surface area contributed by atoms with Crippen LogP contribution in [0.2, 0.25) is 0 Å². The Bertz CT molecular complexity index is 157. The van der Waals surface area contributed by atoms with Crippen molar-refractivity contribution >= 4 is 8.58 Å². The highest BCUT2D eigenvalue weighted by Gasteiger charge is 2.10. The summed E-state index contributed by atoms with van der Waals surface area (Å²) in [5.74, 6) is 0. The van der Waals surface area contributed by atoms with Gasteiger partial charge >= 0.3 is 0 Å². The van der Waals surface area contributed by atoms with Gasteiger partial charge in [0.2, 0.25) is 0 Å². The molecule has 4 nitrogen and oxygen atoms in total. The summed E-state index contributed by atoms with van der Waals surface area (Å²) < 4.78 is 21.0. The molecular weight excluding hydrogens is 227 g/mol. The third kappa shape index (κ3) is 8.43. The molecule has 0 aliphatic carbocycles. The Morgan fingerprint density at radius 2 is 1.56 bits per heavy atom. The smallest absolute Gasteiger partial charge is 0.154 e. The normalized spacial score (nSPS) is 17.8. The summed E-state index contributed by atoms with van der Waals surface area (Å²) >= 11 is 0. The highest BCUT2D eigenvalue weighted by molar-refractivity contribution is 7.37. The van der Waals surface area contributed by atoms with Crippen molar-refractivity contribution in [3.63, 3.8) is 0 Å². The van der Waals surface area contributed by atoms with E-state index < -0.39 is 0 Å². The highest BCUT2D eigenvalue weighted by Crippen LogP contribution is 2.19. The van der Waals surface area contributed by atoms with Crippen LogP contribution in [-0.4, -0.2) is 52.3 Å². The summed E-state index contributed by atoms with van der Waals surface area (Å²) in [4.78, 5) is 0. The number of hydrogen-bond donors (Lipinski definition) is 0. The summed E-state index contributed by atoms with van der Waals surface area (Å²) in [6.45, 7) is 7.43. The van der Waals surface area contributed by atoms with Gasteiger partial charge in [-0.2, -0.15) is 0 Å². The van der Waals surface area contributed by atoms with E-state index in [0.29, 0.717) is 12.3 Å². The predicted molar refractivity (Wildman–Crippen MR) is 67.5 cm³/mol. The van der Waals surface area contributed by atoms with Crippen molar-refractivity contribution in [1.82, 2.24) is 0 Å². The molecule has 0 aromatic carbocycles. The van der Waals surface area contributed by atoms with Crippen LogP contribution in [-0.2, 0) is 18.9 Å². The number of methoxy groups -OCH3 is 2. The zero-order chi connectivity index (χ0) is 12.4. The first-order valence-electron chi connectivity index (χ1n) is 5.60. The Kier molecular flexibility index (Phi) is 10.6. The van der Waals surface area contributed by atoms with Crippen LogP contribution >= 0.6 is 8.58 Å². The van der Waals surface area contributed by atoms with E-state index in [1.54, 1.807) is 14.2 Å². The van der Waals surface area contributed by atoms with E-state index in [0.717, 1.165) is 21.6 Å². The van der Waals surface area contributed by atoms with E-state index in [-0.39, 0.29) is 12.6 Å². The molecule has 0 aliphatic heterocycles. The summed E-state index contributed by atoms with van der Waals surface area (Å²) in [5.41, 5.74) is 0.543. The summed E-state index contributed by atoms with van der Waals surface area (Å²) in [6.07, 6.45) is 0.747.